The fourth-order valence-corrected chi connectivity index (χ4v) is 5.51. The number of ether oxygens (including phenoxy) is 3. The molecule has 0 spiro atoms. The number of hydrogen-bond acceptors (Lipinski definition) is 6. The molecule has 0 fully saturated rings. The van der Waals surface area contributed by atoms with Crippen LogP contribution in [0.15, 0.2) is 60.0 Å². The summed E-state index contributed by atoms with van der Waals surface area (Å²) >= 11 is 1.56. The molecule has 0 radical (unpaired) electrons. The normalized spacial score (nSPS) is 11.7. The fraction of sp³-hybridized carbons (Fsp3) is 0.394. The highest BCUT2D eigenvalue weighted by Gasteiger charge is 2.22. The van der Waals surface area contributed by atoms with Crippen LogP contribution < -0.4 is 19.5 Å². The van der Waals surface area contributed by atoms with Crippen LogP contribution in [0.2, 0.25) is 0 Å². The monoisotopic (exact) mass is 575 g/mol. The van der Waals surface area contributed by atoms with Gasteiger partial charge in [-0.3, -0.25) is 4.79 Å². The summed E-state index contributed by atoms with van der Waals surface area (Å²) < 4.78 is 18.7. The molecular weight excluding hydrogens is 534 g/mol. The number of carbonyl (C=O) groups is 1. The number of rotatable bonds is 15. The minimum Gasteiger partial charge on any atom is -0.497 e. The number of aryl methyl sites for hydroxylation is 1. The van der Waals surface area contributed by atoms with E-state index in [9.17, 15) is 4.79 Å². The number of aromatic nitrogens is 2. The molecule has 0 saturated heterocycles. The van der Waals surface area contributed by atoms with Crippen molar-refractivity contribution in [3.05, 3.63) is 81.8 Å². The van der Waals surface area contributed by atoms with Gasteiger partial charge in [-0.1, -0.05) is 38.8 Å². The van der Waals surface area contributed by atoms with E-state index in [0.717, 1.165) is 78.0 Å². The van der Waals surface area contributed by atoms with Crippen molar-refractivity contribution in [2.24, 2.45) is 0 Å². The maximum atomic E-state index is 13.5. The lowest BCUT2D eigenvalue weighted by atomic mass is 10.1. The van der Waals surface area contributed by atoms with Crippen molar-refractivity contribution < 1.29 is 19.0 Å². The number of nitrogens with one attached hydrogen (secondary N) is 1. The highest BCUT2D eigenvalue weighted by Crippen LogP contribution is 2.29. The van der Waals surface area contributed by atoms with E-state index >= 15 is 0 Å². The summed E-state index contributed by atoms with van der Waals surface area (Å²) in [5, 5.41) is 6.19. The third-order valence-corrected chi connectivity index (χ3v) is 8.19. The largest absolute Gasteiger partial charge is 0.497 e. The standard InChI is InChI=1S/C33H41N3O4S/c1-6-8-9-25(7-2)34-33(37)29-20-31(36(23(29)3)19-18-24-10-12-26(38-4)13-11-24)30-22-41-32(35-30)21-40-28-16-14-27(39-5)15-17-28/h10-17,20,22,25H,6-9,18-19,21H2,1-5H3,(H,34,37). The van der Waals surface area contributed by atoms with Gasteiger partial charge in [0.2, 0.25) is 0 Å². The van der Waals surface area contributed by atoms with Crippen LogP contribution in [0.1, 0.15) is 66.2 Å². The van der Waals surface area contributed by atoms with Crippen molar-refractivity contribution in [1.29, 1.82) is 0 Å². The lowest BCUT2D eigenvalue weighted by Crippen LogP contribution is -2.34. The maximum Gasteiger partial charge on any atom is 0.253 e. The van der Waals surface area contributed by atoms with Crippen LogP contribution in [0.4, 0.5) is 0 Å². The second-order valence-corrected chi connectivity index (χ2v) is 11.0. The molecule has 4 aromatic rings. The summed E-state index contributed by atoms with van der Waals surface area (Å²) in [4.78, 5) is 18.4. The van der Waals surface area contributed by atoms with Crippen LogP contribution in [0.25, 0.3) is 11.4 Å². The first kappa shape index (κ1) is 30.2. The van der Waals surface area contributed by atoms with E-state index < -0.39 is 0 Å². The van der Waals surface area contributed by atoms with Gasteiger partial charge in [0.25, 0.3) is 5.91 Å². The average molecular weight is 576 g/mol. The highest BCUT2D eigenvalue weighted by atomic mass is 32.1. The van der Waals surface area contributed by atoms with Crippen LogP contribution >= 0.6 is 11.3 Å². The summed E-state index contributed by atoms with van der Waals surface area (Å²) in [7, 11) is 3.32. The molecule has 7 nitrogen and oxygen atoms in total. The summed E-state index contributed by atoms with van der Waals surface area (Å²) in [6.07, 6.45) is 4.95. The molecule has 0 saturated carbocycles. The Kier molecular flexibility index (Phi) is 10.8. The quantitative estimate of drug-likeness (QED) is 0.159. The number of unbranched alkanes of at least 4 members (excludes halogenated alkanes) is 1. The van der Waals surface area contributed by atoms with Gasteiger partial charge in [0.1, 0.15) is 28.9 Å². The SMILES string of the molecule is CCCCC(CC)NC(=O)c1cc(-c2csc(COc3ccc(OC)cc3)n2)n(CCc2ccc(OC)cc2)c1C. The Morgan fingerprint density at radius 3 is 2.29 bits per heavy atom. The molecule has 218 valence electrons. The molecule has 2 heterocycles. The van der Waals surface area contributed by atoms with Crippen molar-refractivity contribution in [3.8, 4) is 28.6 Å². The van der Waals surface area contributed by atoms with Crippen LogP contribution in [0.3, 0.4) is 0 Å². The average Bonchev–Trinajstić information content (AvgIpc) is 3.61. The van der Waals surface area contributed by atoms with Crippen molar-refractivity contribution in [2.45, 2.75) is 72.1 Å². The molecule has 8 heteroatoms. The number of benzene rings is 2. The van der Waals surface area contributed by atoms with Gasteiger partial charge < -0.3 is 24.1 Å². The summed E-state index contributed by atoms with van der Waals surface area (Å²) in [6, 6.07) is 17.8. The fourth-order valence-electron chi connectivity index (χ4n) is 4.81. The smallest absolute Gasteiger partial charge is 0.253 e. The maximum absolute atomic E-state index is 13.5. The second-order valence-electron chi connectivity index (χ2n) is 10.1. The molecule has 1 N–H and O–H groups in total. The third kappa shape index (κ3) is 7.91. The first-order valence-electron chi connectivity index (χ1n) is 14.3. The molecule has 2 aromatic carbocycles. The molecule has 0 aliphatic heterocycles. The zero-order valence-electron chi connectivity index (χ0n) is 24.7. The second kappa shape index (κ2) is 14.7. The van der Waals surface area contributed by atoms with Crippen LogP contribution in [-0.2, 0) is 19.6 Å². The highest BCUT2D eigenvalue weighted by molar-refractivity contribution is 7.09. The van der Waals surface area contributed by atoms with E-state index in [0.29, 0.717) is 12.2 Å². The lowest BCUT2D eigenvalue weighted by Gasteiger charge is -2.17. The lowest BCUT2D eigenvalue weighted by molar-refractivity contribution is 0.0932. The predicted molar refractivity (Wildman–Crippen MR) is 165 cm³/mol. The Morgan fingerprint density at radius 1 is 1.00 bits per heavy atom. The van der Waals surface area contributed by atoms with Crippen molar-refractivity contribution in [3.63, 3.8) is 0 Å². The molecule has 0 bridgehead atoms. The van der Waals surface area contributed by atoms with E-state index in [1.807, 2.05) is 54.8 Å². The number of thiazole rings is 1. The van der Waals surface area contributed by atoms with Gasteiger partial charge in [0.15, 0.2) is 0 Å². The summed E-state index contributed by atoms with van der Waals surface area (Å²) in [5.74, 6) is 2.36. The molecule has 0 aliphatic rings. The number of amides is 1. The van der Waals surface area contributed by atoms with Gasteiger partial charge in [-0.15, -0.1) is 11.3 Å². The van der Waals surface area contributed by atoms with E-state index in [2.05, 4.69) is 35.9 Å². The molecule has 1 unspecified atom stereocenters. The number of hydrogen-bond donors (Lipinski definition) is 1. The number of methoxy groups -OCH3 is 2. The number of carbonyl (C=O) groups excluding carboxylic acids is 1. The van der Waals surface area contributed by atoms with Crippen LogP contribution in [0.5, 0.6) is 17.2 Å². The Bertz CT molecular complexity index is 1390. The molecule has 0 aliphatic carbocycles. The zero-order chi connectivity index (χ0) is 29.2. The minimum atomic E-state index is -0.0202. The topological polar surface area (TPSA) is 74.6 Å². The predicted octanol–water partition coefficient (Wildman–Crippen LogP) is 7.46. The minimum absolute atomic E-state index is 0.0202. The molecule has 4 rings (SSSR count). The summed E-state index contributed by atoms with van der Waals surface area (Å²) in [5.41, 5.74) is 4.63. The Hall–Kier alpha value is -3.78. The van der Waals surface area contributed by atoms with Crippen LogP contribution in [-0.4, -0.2) is 35.7 Å². The molecular formula is C33H41N3O4S. The van der Waals surface area contributed by atoms with Gasteiger partial charge in [0.05, 0.1) is 31.2 Å². The van der Waals surface area contributed by atoms with Gasteiger partial charge >= 0.3 is 0 Å². The van der Waals surface area contributed by atoms with E-state index in [1.165, 1.54) is 5.56 Å². The van der Waals surface area contributed by atoms with Crippen molar-refractivity contribution in [1.82, 2.24) is 14.9 Å². The molecule has 1 amide bonds. The zero-order valence-corrected chi connectivity index (χ0v) is 25.6. The first-order valence-corrected chi connectivity index (χ1v) is 15.2. The molecule has 1 atom stereocenters. The summed E-state index contributed by atoms with van der Waals surface area (Å²) in [6.45, 7) is 7.43. The Labute approximate surface area is 247 Å². The van der Waals surface area contributed by atoms with Crippen LogP contribution in [0, 0.1) is 6.92 Å². The van der Waals surface area contributed by atoms with E-state index in [4.69, 9.17) is 19.2 Å². The van der Waals surface area contributed by atoms with Gasteiger partial charge in [-0.2, -0.15) is 0 Å². The van der Waals surface area contributed by atoms with Crippen molar-refractivity contribution >= 4 is 17.2 Å². The van der Waals surface area contributed by atoms with E-state index in [1.54, 1.807) is 25.6 Å². The molecule has 41 heavy (non-hydrogen) atoms. The van der Waals surface area contributed by atoms with Gasteiger partial charge in [0, 0.05) is 23.7 Å². The Morgan fingerprint density at radius 2 is 1.66 bits per heavy atom. The molecule has 2 aromatic heterocycles. The van der Waals surface area contributed by atoms with Gasteiger partial charge in [-0.05, 0) is 74.2 Å². The number of nitrogens with zero attached hydrogens (tertiary/aromatic N) is 2. The Balaban J connectivity index is 1.56. The first-order chi connectivity index (χ1) is 19.9. The van der Waals surface area contributed by atoms with Crippen molar-refractivity contribution in [2.75, 3.05) is 14.2 Å². The van der Waals surface area contributed by atoms with E-state index in [-0.39, 0.29) is 11.9 Å². The van der Waals surface area contributed by atoms with Gasteiger partial charge in [-0.25, -0.2) is 4.98 Å². The third-order valence-electron chi connectivity index (χ3n) is 7.36.